The second kappa shape index (κ2) is 29.5. The van der Waals surface area contributed by atoms with Gasteiger partial charge in [0.2, 0.25) is 0 Å². The Bertz CT molecular complexity index is 3840. The van der Waals surface area contributed by atoms with Crippen molar-refractivity contribution in [3.8, 4) is 23.0 Å². The maximum atomic E-state index is 13.5. The average Bonchev–Trinajstić information content (AvgIpc) is 1.62. The Labute approximate surface area is 537 Å². The summed E-state index contributed by atoms with van der Waals surface area (Å²) in [4.78, 5) is 31.9. The van der Waals surface area contributed by atoms with Crippen molar-refractivity contribution in [1.29, 1.82) is 0 Å². The predicted molar refractivity (Wildman–Crippen MR) is 356 cm³/mol. The summed E-state index contributed by atoms with van der Waals surface area (Å²) in [7, 11) is 0. The number of ketones is 2. The highest BCUT2D eigenvalue weighted by Crippen LogP contribution is 2.40. The first-order valence-corrected chi connectivity index (χ1v) is 32.2. The number of fused-ring (bicyclic) bond motifs is 4. The fraction of sp³-hybridized carbons (Fsp3) is 0.324. The zero-order valence-electron chi connectivity index (χ0n) is 52.2. The van der Waals surface area contributed by atoms with Crippen LogP contribution in [0.5, 0.6) is 23.0 Å². The number of hydrogen-bond acceptors (Lipinski definition) is 12. The maximum Gasteiger partial charge on any atom is 0.171 e. The van der Waals surface area contributed by atoms with Crippen LogP contribution in [0.4, 0.5) is 0 Å². The van der Waals surface area contributed by atoms with Crippen LogP contribution in [-0.4, -0.2) is 89.9 Å². The highest BCUT2D eigenvalue weighted by Gasteiger charge is 2.29. The summed E-state index contributed by atoms with van der Waals surface area (Å²) in [6.07, 6.45) is 2.59. The third kappa shape index (κ3) is 14.9. The molecule has 0 unspecified atom stereocenters. The number of nitrogens with zero attached hydrogens (tertiary/aromatic N) is 8. The molecule has 2 aromatic heterocycles. The minimum Gasteiger partial charge on any atom is -0.489 e. The van der Waals surface area contributed by atoms with E-state index in [-0.39, 0.29) is 61.7 Å². The number of rotatable bonds is 22. The molecule has 14 nitrogen and oxygen atoms in total. The number of carbonyl (C=O) groups is 2. The van der Waals surface area contributed by atoms with Crippen molar-refractivity contribution in [2.75, 3.05) is 26.3 Å². The van der Waals surface area contributed by atoms with Gasteiger partial charge in [-0.2, -0.15) is 0 Å². The number of aryl methyl sites for hydroxylation is 4. The molecule has 0 saturated heterocycles. The number of para-hydroxylation sites is 4. The second-order valence-electron chi connectivity index (χ2n) is 23.5. The van der Waals surface area contributed by atoms with Gasteiger partial charge in [0, 0.05) is 88.2 Å². The Kier molecular flexibility index (Phi) is 20.7. The molecule has 0 saturated carbocycles. The monoisotopic (exact) mass is 1240 g/mol. The van der Waals surface area contributed by atoms with Gasteiger partial charge in [0.1, 0.15) is 59.5 Å². The topological polar surface area (TPSA) is 139 Å². The number of aromatic nitrogens is 6. The molecule has 2 aliphatic heterocycles. The molecule has 0 aliphatic carbocycles. The molecule has 0 N–H and O–H groups in total. The summed E-state index contributed by atoms with van der Waals surface area (Å²) < 4.78 is 28.1. The minimum absolute atomic E-state index is 0.00795. The fourth-order valence-corrected chi connectivity index (χ4v) is 12.9. The molecule has 4 heterocycles. The third-order valence-electron chi connectivity index (χ3n) is 17.3. The lowest BCUT2D eigenvalue weighted by atomic mass is 9.85. The van der Waals surface area contributed by atoms with Crippen LogP contribution in [0.1, 0.15) is 121 Å². The summed E-state index contributed by atoms with van der Waals surface area (Å²) in [5, 5.41) is 18.4. The van der Waals surface area contributed by atoms with Gasteiger partial charge >= 0.3 is 0 Å². The first-order chi connectivity index (χ1) is 43.9. The lowest BCUT2D eigenvalue weighted by molar-refractivity contribution is -0.122. The highest BCUT2D eigenvalue weighted by molar-refractivity contribution is 6.36. The van der Waals surface area contributed by atoms with E-state index >= 15 is 0 Å². The van der Waals surface area contributed by atoms with Crippen LogP contribution < -0.4 is 18.9 Å². The molecule has 0 radical (unpaired) electrons. The van der Waals surface area contributed by atoms with Crippen molar-refractivity contribution in [3.05, 3.63) is 236 Å². The van der Waals surface area contributed by atoms with E-state index in [0.29, 0.717) is 45.7 Å². The van der Waals surface area contributed by atoms with E-state index in [1.54, 1.807) is 0 Å². The third-order valence-corrected chi connectivity index (χ3v) is 18.1. The molecule has 0 bridgehead atoms. The molecule has 0 amide bonds. The number of carbonyl (C=O) groups excluding carboxylic acids is 2. The molecule has 16 heteroatoms. The van der Waals surface area contributed by atoms with Crippen molar-refractivity contribution in [2.45, 2.75) is 131 Å². The van der Waals surface area contributed by atoms with Gasteiger partial charge in [0.25, 0.3) is 0 Å². The number of ether oxygens (including phenoxy) is 4. The van der Waals surface area contributed by atoms with Crippen LogP contribution in [0.15, 0.2) is 170 Å². The van der Waals surface area contributed by atoms with Gasteiger partial charge < -0.3 is 18.9 Å². The van der Waals surface area contributed by atoms with Crippen molar-refractivity contribution in [3.63, 3.8) is 0 Å². The first-order valence-electron chi connectivity index (χ1n) is 31.4. The number of benzene rings is 8. The highest BCUT2D eigenvalue weighted by atomic mass is 35.5. The van der Waals surface area contributed by atoms with Crippen LogP contribution in [0, 0.1) is 13.8 Å². The van der Waals surface area contributed by atoms with E-state index in [0.717, 1.165) is 96.9 Å². The van der Waals surface area contributed by atoms with E-state index in [4.69, 9.17) is 42.1 Å². The van der Waals surface area contributed by atoms with E-state index in [2.05, 4.69) is 131 Å². The summed E-state index contributed by atoms with van der Waals surface area (Å²) in [5.41, 5.74) is 14.1. The van der Waals surface area contributed by atoms with Crippen molar-refractivity contribution in [1.82, 2.24) is 39.8 Å². The first kappa shape index (κ1) is 63.2. The van der Waals surface area contributed by atoms with Crippen LogP contribution in [0.2, 0.25) is 10.0 Å². The van der Waals surface area contributed by atoms with Gasteiger partial charge in [-0.3, -0.25) is 19.4 Å². The molecule has 12 rings (SSSR count). The Morgan fingerprint density at radius 3 is 1.32 bits per heavy atom. The number of Topliss-reactive ketones (excluding diaryl/α,β-unsaturated/α-hetero) is 2. The van der Waals surface area contributed by atoms with Gasteiger partial charge in [0.05, 0.1) is 21.1 Å². The summed E-state index contributed by atoms with van der Waals surface area (Å²) in [5.74, 6) is 2.70. The number of hydrogen-bond donors (Lipinski definition) is 0. The molecule has 0 fully saturated rings. The van der Waals surface area contributed by atoms with Gasteiger partial charge in [-0.25, -0.2) is 9.36 Å². The Morgan fingerprint density at radius 2 is 0.922 bits per heavy atom. The van der Waals surface area contributed by atoms with Crippen LogP contribution in [0.25, 0.3) is 22.1 Å². The Hall–Kier alpha value is -8.40. The van der Waals surface area contributed by atoms with E-state index in [1.807, 2.05) is 120 Å². The van der Waals surface area contributed by atoms with Gasteiger partial charge in [0.15, 0.2) is 11.6 Å². The Balaban J connectivity index is 0.000000185. The van der Waals surface area contributed by atoms with Crippen LogP contribution in [0.3, 0.4) is 0 Å². The molecule has 4 atom stereocenters. The fourth-order valence-electron chi connectivity index (χ4n) is 12.2. The maximum absolute atomic E-state index is 13.5. The van der Waals surface area contributed by atoms with E-state index in [9.17, 15) is 9.59 Å². The van der Waals surface area contributed by atoms with Gasteiger partial charge in [-0.1, -0.05) is 169 Å². The Morgan fingerprint density at radius 1 is 0.522 bits per heavy atom. The smallest absolute Gasteiger partial charge is 0.171 e. The quantitative estimate of drug-likeness (QED) is 0.0638. The average molecular weight is 1250 g/mol. The molecule has 464 valence electrons. The van der Waals surface area contributed by atoms with E-state index < -0.39 is 0 Å². The molecule has 0 spiro atoms. The normalized spacial score (nSPS) is 15.7. The zero-order valence-corrected chi connectivity index (χ0v) is 53.7. The zero-order chi connectivity index (χ0) is 62.7. The van der Waals surface area contributed by atoms with Gasteiger partial charge in [-0.15, -0.1) is 10.2 Å². The molecule has 90 heavy (non-hydrogen) atoms. The summed E-state index contributed by atoms with van der Waals surface area (Å²) in [6.45, 7) is 18.9. The molecule has 10 aromatic rings. The van der Waals surface area contributed by atoms with Crippen molar-refractivity contribution in [2.24, 2.45) is 0 Å². The molecule has 8 aromatic carbocycles. The lowest BCUT2D eigenvalue weighted by Crippen LogP contribution is -2.32. The second-order valence-corrected chi connectivity index (χ2v) is 24.3. The summed E-state index contributed by atoms with van der Waals surface area (Å²) in [6, 6.07) is 56.6. The van der Waals surface area contributed by atoms with Crippen molar-refractivity contribution >= 4 is 56.8 Å². The SMILES string of the molecule is CC[C@@H]1CN(Cc2cc([C@@H](CC(=O)COc3ccccc3)c3ccc4c(nnn4CC)c3Cl)ccc2C)Cc2ccccc2O1.CC[C@@H]1CN(Cc2cc([C@H](CC(=O)COc3ccccc3)c3ccc4c(nnn4CC)c3Cl)ccc2C)Cc2ccccc2O1. The molecular formula is C74H78Cl2N8O6. The molecular weight excluding hydrogens is 1170 g/mol. The van der Waals surface area contributed by atoms with Gasteiger partial charge in [-0.05, 0) is 134 Å². The van der Waals surface area contributed by atoms with Crippen LogP contribution in [-0.2, 0) is 48.9 Å². The minimum atomic E-state index is -0.281. The number of halogens is 2. The largest absolute Gasteiger partial charge is 0.489 e. The van der Waals surface area contributed by atoms with Crippen LogP contribution >= 0.6 is 23.2 Å². The summed E-state index contributed by atoms with van der Waals surface area (Å²) >= 11 is 14.1. The van der Waals surface area contributed by atoms with E-state index in [1.165, 1.54) is 33.4 Å². The predicted octanol–water partition coefficient (Wildman–Crippen LogP) is 15.5. The van der Waals surface area contributed by atoms with Crippen molar-refractivity contribution < 1.29 is 28.5 Å². The lowest BCUT2D eigenvalue weighted by Gasteiger charge is -2.25. The standard InChI is InChI=1S/2C37H39ClN4O3/c2*1-4-30-23-41(21-27-11-9-10-14-35(27)45-30)22-28-19-26(16-15-25(28)3)33(20-29(43)24-44-31-12-7-6-8-13-31)32-17-18-34-37(36(32)38)39-40-42(34)5-2/h2*6-19,30,33H,4-5,20-24H2,1-3H3/t30-,33+;30-,33-/m11/s1. The molecule has 2 aliphatic rings.